The molecule has 0 aromatic heterocycles. The van der Waals surface area contributed by atoms with Crippen molar-refractivity contribution in [3.05, 3.63) is 100 Å². The van der Waals surface area contributed by atoms with Gasteiger partial charge in [-0.1, -0.05) is 43.7 Å². The van der Waals surface area contributed by atoms with Crippen LogP contribution in [0.5, 0.6) is 0 Å². The predicted octanol–water partition coefficient (Wildman–Crippen LogP) is 4.58. The van der Waals surface area contributed by atoms with Crippen LogP contribution in [0.2, 0.25) is 0 Å². The monoisotopic (exact) mass is 580 g/mol. The van der Waals surface area contributed by atoms with E-state index in [1.165, 1.54) is 48.5 Å². The fourth-order valence-corrected chi connectivity index (χ4v) is 6.09. The summed E-state index contributed by atoms with van der Waals surface area (Å²) < 4.78 is 5.25. The van der Waals surface area contributed by atoms with Crippen LogP contribution < -0.4 is 15.1 Å². The third-order valence-electron chi connectivity index (χ3n) is 8.12. The van der Waals surface area contributed by atoms with Crippen LogP contribution in [0.4, 0.5) is 22.7 Å². The molecule has 11 nitrogen and oxygen atoms in total. The van der Waals surface area contributed by atoms with E-state index in [0.717, 1.165) is 29.0 Å². The molecule has 3 aliphatic heterocycles. The second kappa shape index (κ2) is 11.2. The summed E-state index contributed by atoms with van der Waals surface area (Å²) in [6, 6.07) is 17.4. The molecular formula is C32H28N4O7. The zero-order chi connectivity index (χ0) is 30.2. The Kier molecular flexibility index (Phi) is 7.22. The van der Waals surface area contributed by atoms with E-state index in [2.05, 4.69) is 5.32 Å². The van der Waals surface area contributed by atoms with Crippen molar-refractivity contribution in [3.8, 4) is 0 Å². The number of ether oxygens (including phenoxy) is 1. The number of imide groups is 1. The number of unbranched alkanes of at least 4 members (excludes halogenated alkanes) is 1. The van der Waals surface area contributed by atoms with E-state index in [0.29, 0.717) is 23.5 Å². The molecule has 0 saturated carbocycles. The first-order chi connectivity index (χ1) is 20.8. The third-order valence-corrected chi connectivity index (χ3v) is 8.12. The quantitative estimate of drug-likeness (QED) is 0.134. The number of para-hydroxylation sites is 1. The molecule has 3 aliphatic rings. The van der Waals surface area contributed by atoms with E-state index in [9.17, 15) is 29.3 Å². The van der Waals surface area contributed by atoms with Crippen LogP contribution in [0.25, 0.3) is 6.08 Å². The minimum Gasteiger partial charge on any atom is -0.462 e. The number of hydrogen-bond donors (Lipinski definition) is 1. The van der Waals surface area contributed by atoms with Crippen molar-refractivity contribution >= 4 is 52.5 Å². The number of carbonyl (C=O) groups excluding carboxylic acids is 4. The van der Waals surface area contributed by atoms with E-state index < -0.39 is 52.5 Å². The van der Waals surface area contributed by atoms with Crippen LogP contribution >= 0.6 is 0 Å². The van der Waals surface area contributed by atoms with Crippen molar-refractivity contribution in [2.75, 3.05) is 21.7 Å². The van der Waals surface area contributed by atoms with Gasteiger partial charge in [0.05, 0.1) is 40.7 Å². The molecule has 0 spiro atoms. The van der Waals surface area contributed by atoms with Gasteiger partial charge in [0, 0.05) is 23.5 Å². The predicted molar refractivity (Wildman–Crippen MR) is 158 cm³/mol. The van der Waals surface area contributed by atoms with Crippen LogP contribution in [0.15, 0.2) is 78.9 Å². The topological polar surface area (TPSA) is 139 Å². The second-order valence-electron chi connectivity index (χ2n) is 10.7. The average Bonchev–Trinajstić information content (AvgIpc) is 3.50. The fraction of sp³-hybridized carbons (Fsp3) is 0.250. The summed E-state index contributed by atoms with van der Waals surface area (Å²) in [5, 5.41) is 13.9. The fourth-order valence-electron chi connectivity index (χ4n) is 6.09. The molecule has 2 fully saturated rings. The van der Waals surface area contributed by atoms with Crippen LogP contribution in [-0.4, -0.2) is 47.3 Å². The molecule has 0 unspecified atom stereocenters. The zero-order valence-electron chi connectivity index (χ0n) is 23.2. The van der Waals surface area contributed by atoms with Crippen molar-refractivity contribution in [2.24, 2.45) is 11.8 Å². The molecule has 11 heteroatoms. The van der Waals surface area contributed by atoms with Crippen LogP contribution in [0.1, 0.15) is 35.7 Å². The molecular weight excluding hydrogens is 552 g/mol. The largest absolute Gasteiger partial charge is 0.462 e. The number of anilines is 3. The van der Waals surface area contributed by atoms with Gasteiger partial charge < -0.3 is 15.0 Å². The first-order valence-electron chi connectivity index (χ1n) is 14.1. The molecule has 4 atom stereocenters. The Morgan fingerprint density at radius 1 is 0.953 bits per heavy atom. The Labute approximate surface area is 246 Å². The second-order valence-corrected chi connectivity index (χ2v) is 10.7. The molecule has 0 aliphatic carbocycles. The first kappa shape index (κ1) is 27.8. The maximum absolute atomic E-state index is 14.0. The van der Waals surface area contributed by atoms with Gasteiger partial charge in [0.2, 0.25) is 17.7 Å². The lowest BCUT2D eigenvalue weighted by Crippen LogP contribution is -2.50. The zero-order valence-corrected chi connectivity index (χ0v) is 23.2. The van der Waals surface area contributed by atoms with Gasteiger partial charge in [-0.3, -0.25) is 24.5 Å². The summed E-state index contributed by atoms with van der Waals surface area (Å²) >= 11 is 0. The summed E-state index contributed by atoms with van der Waals surface area (Å²) in [5.41, 5.74) is 2.39. The number of hydrogen-bond acceptors (Lipinski definition) is 8. The van der Waals surface area contributed by atoms with E-state index >= 15 is 0 Å². The maximum Gasteiger partial charge on any atom is 0.338 e. The van der Waals surface area contributed by atoms with Gasteiger partial charge in [-0.15, -0.1) is 0 Å². The number of amides is 3. The van der Waals surface area contributed by atoms with Crippen LogP contribution in [-0.2, 0) is 19.1 Å². The Morgan fingerprint density at radius 3 is 2.35 bits per heavy atom. The number of fused-ring (bicyclic) bond motifs is 5. The van der Waals surface area contributed by atoms with Crippen molar-refractivity contribution in [3.63, 3.8) is 0 Å². The SMILES string of the molecule is CCCCOC(=O)c1ccc(N2C(=O)[C@@H]3[C@H](C2=O)[C@H](C(=O)Nc2ccc([N+](=O)[O-])cc2)N2c4ccccc4C=C[C@H]32)cc1. The van der Waals surface area contributed by atoms with Gasteiger partial charge in [-0.05, 0) is 54.4 Å². The Morgan fingerprint density at radius 2 is 1.65 bits per heavy atom. The van der Waals surface area contributed by atoms with Crippen molar-refractivity contribution in [2.45, 2.75) is 31.8 Å². The third kappa shape index (κ3) is 4.82. The number of nitrogens with zero attached hydrogens (tertiary/aromatic N) is 3. The molecule has 0 radical (unpaired) electrons. The molecule has 218 valence electrons. The Bertz CT molecular complexity index is 1650. The van der Waals surface area contributed by atoms with Gasteiger partial charge in [0.25, 0.3) is 5.69 Å². The molecule has 6 rings (SSSR count). The minimum atomic E-state index is -1.04. The number of benzene rings is 3. The lowest BCUT2D eigenvalue weighted by atomic mass is 9.88. The Balaban J connectivity index is 1.32. The number of nitro benzene ring substituents is 1. The van der Waals surface area contributed by atoms with Crippen molar-refractivity contribution < 1.29 is 28.8 Å². The first-order valence-corrected chi connectivity index (χ1v) is 14.1. The summed E-state index contributed by atoms with van der Waals surface area (Å²) in [7, 11) is 0. The lowest BCUT2D eigenvalue weighted by molar-refractivity contribution is -0.384. The van der Waals surface area contributed by atoms with Crippen LogP contribution in [0, 0.1) is 22.0 Å². The number of non-ortho nitro benzene ring substituents is 1. The molecule has 2 saturated heterocycles. The summed E-state index contributed by atoms with van der Waals surface area (Å²) in [5.74, 6) is -3.77. The molecule has 3 amide bonds. The number of nitrogens with one attached hydrogen (secondary N) is 1. The Hall–Kier alpha value is -5.32. The van der Waals surface area contributed by atoms with E-state index in [4.69, 9.17) is 4.74 Å². The smallest absolute Gasteiger partial charge is 0.338 e. The van der Waals surface area contributed by atoms with Gasteiger partial charge in [0.1, 0.15) is 6.04 Å². The minimum absolute atomic E-state index is 0.124. The van der Waals surface area contributed by atoms with Crippen LogP contribution in [0.3, 0.4) is 0 Å². The summed E-state index contributed by atoms with van der Waals surface area (Å²) in [4.78, 5) is 67.7. The summed E-state index contributed by atoms with van der Waals surface area (Å²) in [6.07, 6.45) is 5.38. The van der Waals surface area contributed by atoms with Crippen molar-refractivity contribution in [1.29, 1.82) is 0 Å². The van der Waals surface area contributed by atoms with Crippen molar-refractivity contribution in [1.82, 2.24) is 0 Å². The molecule has 43 heavy (non-hydrogen) atoms. The average molecular weight is 581 g/mol. The molecule has 3 heterocycles. The standard InChI is InChI=1S/C32H28N4O7/c1-2-3-18-43-32(40)20-8-13-22(14-9-20)34-30(38)26-25-17-10-19-6-4-5-7-24(19)35(25)28(27(26)31(34)39)29(37)33-21-11-15-23(16-12-21)36(41)42/h4-17,25-28H,2-3,18H2,1H3,(H,33,37)/t25-,26+,27+,28-/m1/s1. The highest BCUT2D eigenvalue weighted by Crippen LogP contribution is 2.49. The molecule has 3 aromatic carbocycles. The number of nitro groups is 1. The van der Waals surface area contributed by atoms with Gasteiger partial charge in [-0.2, -0.15) is 0 Å². The van der Waals surface area contributed by atoms with Gasteiger partial charge >= 0.3 is 5.97 Å². The molecule has 3 aromatic rings. The number of rotatable bonds is 8. The molecule has 0 bridgehead atoms. The highest BCUT2D eigenvalue weighted by Gasteiger charge is 2.64. The van der Waals surface area contributed by atoms with Gasteiger partial charge in [-0.25, -0.2) is 9.69 Å². The lowest BCUT2D eigenvalue weighted by Gasteiger charge is -2.36. The number of esters is 1. The van der Waals surface area contributed by atoms with E-state index in [1.807, 2.05) is 48.2 Å². The molecule has 1 N–H and O–H groups in total. The van der Waals surface area contributed by atoms with Gasteiger partial charge in [0.15, 0.2) is 0 Å². The maximum atomic E-state index is 14.0. The number of carbonyl (C=O) groups is 4. The highest BCUT2D eigenvalue weighted by atomic mass is 16.6. The van der Waals surface area contributed by atoms with E-state index in [1.54, 1.807) is 0 Å². The normalized spacial score (nSPS) is 21.7. The highest BCUT2D eigenvalue weighted by molar-refractivity contribution is 6.25. The van der Waals surface area contributed by atoms with E-state index in [-0.39, 0.29) is 5.69 Å². The summed E-state index contributed by atoms with van der Waals surface area (Å²) in [6.45, 7) is 2.30.